The first-order valence-electron chi connectivity index (χ1n) is 18.8. The van der Waals surface area contributed by atoms with Gasteiger partial charge in [-0.2, -0.15) is 9.61 Å². The molecular weight excluding hydrogens is 723 g/mol. The Balaban J connectivity index is 0.922. The number of aromatic nitrogens is 3. The van der Waals surface area contributed by atoms with Gasteiger partial charge in [-0.05, 0) is 54.2 Å². The summed E-state index contributed by atoms with van der Waals surface area (Å²) in [6, 6.07) is 10.6. The van der Waals surface area contributed by atoms with E-state index in [1.165, 1.54) is 12.1 Å². The normalized spacial score (nSPS) is 18.1. The van der Waals surface area contributed by atoms with E-state index in [-0.39, 0.29) is 48.6 Å². The van der Waals surface area contributed by atoms with Gasteiger partial charge in [0.25, 0.3) is 11.8 Å². The summed E-state index contributed by atoms with van der Waals surface area (Å²) >= 11 is 0. The molecule has 0 saturated carbocycles. The van der Waals surface area contributed by atoms with Crippen LogP contribution in [0.2, 0.25) is 0 Å². The lowest BCUT2D eigenvalue weighted by Gasteiger charge is -2.34. The van der Waals surface area contributed by atoms with Crippen molar-refractivity contribution in [3.8, 4) is 0 Å². The van der Waals surface area contributed by atoms with Crippen LogP contribution in [0.1, 0.15) is 83.4 Å². The van der Waals surface area contributed by atoms with Gasteiger partial charge in [0.15, 0.2) is 5.65 Å². The maximum atomic E-state index is 15.3. The maximum absolute atomic E-state index is 15.3. The molecule has 2 aromatic heterocycles. The molecule has 7 rings (SSSR count). The predicted octanol–water partition coefficient (Wildman–Crippen LogP) is 3.54. The van der Waals surface area contributed by atoms with Crippen LogP contribution in [-0.2, 0) is 22.7 Å². The number of carbonyl (C=O) groups excluding carboxylic acids is 5. The van der Waals surface area contributed by atoms with Crippen LogP contribution in [0.4, 0.5) is 26.5 Å². The fraction of sp³-hybridized carbons (Fsp3) is 0.410. The van der Waals surface area contributed by atoms with Crippen molar-refractivity contribution in [3.05, 3.63) is 82.3 Å². The summed E-state index contributed by atoms with van der Waals surface area (Å²) in [6.07, 6.45) is 2.53. The molecule has 56 heavy (non-hydrogen) atoms. The summed E-state index contributed by atoms with van der Waals surface area (Å²) in [5.74, 6) is -2.12. The minimum atomic E-state index is -1.17. The van der Waals surface area contributed by atoms with E-state index in [4.69, 9.17) is 4.98 Å². The van der Waals surface area contributed by atoms with Crippen molar-refractivity contribution >= 4 is 52.6 Å². The molecule has 3 aliphatic rings. The van der Waals surface area contributed by atoms with Gasteiger partial charge in [-0.3, -0.25) is 34.3 Å². The lowest BCUT2D eigenvalue weighted by molar-refractivity contribution is -0.136. The van der Waals surface area contributed by atoms with Gasteiger partial charge in [0.1, 0.15) is 23.5 Å². The van der Waals surface area contributed by atoms with Crippen LogP contribution in [0.15, 0.2) is 48.7 Å². The summed E-state index contributed by atoms with van der Waals surface area (Å²) in [4.78, 5) is 72.6. The number of anilines is 3. The predicted molar refractivity (Wildman–Crippen MR) is 205 cm³/mol. The number of halogens is 1. The van der Waals surface area contributed by atoms with E-state index in [2.05, 4.69) is 40.2 Å². The minimum Gasteiger partial charge on any atom is -0.394 e. The highest BCUT2D eigenvalue weighted by Gasteiger charge is 2.46. The zero-order valence-electron chi connectivity index (χ0n) is 31.5. The number of benzene rings is 2. The zero-order chi connectivity index (χ0) is 39.7. The Kier molecular flexibility index (Phi) is 11.0. The molecule has 2 aromatic carbocycles. The second kappa shape index (κ2) is 16.0. The van der Waals surface area contributed by atoms with Crippen LogP contribution < -0.4 is 21.3 Å². The summed E-state index contributed by atoms with van der Waals surface area (Å²) in [5.41, 5.74) is 3.39. The molecule has 2 atom stereocenters. The van der Waals surface area contributed by atoms with Gasteiger partial charge in [0.05, 0.1) is 30.0 Å². The fourth-order valence-corrected chi connectivity index (χ4v) is 7.24. The molecule has 6 amide bonds. The van der Waals surface area contributed by atoms with E-state index in [1.54, 1.807) is 9.42 Å². The van der Waals surface area contributed by atoms with Gasteiger partial charge in [0, 0.05) is 63.0 Å². The number of amides is 6. The SMILES string of the molecule is CC[C@@H](CO)Nc1cc(NCc2ccc(NC(=O)N3CCN(Cc4cc(F)c5c(c4)C(=O)N(C4CCC(=O)NC4=O)C5=O)CC3)cc2)n2ncc(C(C)C)c2n1. The number of urea groups is 1. The number of fused-ring (bicyclic) bond motifs is 2. The standard InChI is InChI=1S/C39H45FN10O6/c1-4-25(21-51)43-31-17-32(50-35(45-31)28(19-42-50)22(2)3)41-18-23-5-7-26(8-6-23)44-39(56)48-13-11-47(12-14-48)20-24-15-27-34(29(40)16-24)38(55)49(37(27)54)30-9-10-33(52)46-36(30)53/h5-8,15-17,19,22,25,30,41,51H,4,9-14,18,20-21H2,1-3H3,(H,43,45)(H,44,56)(H,46,52,53)/t25-,30?/m0/s1. The Labute approximate surface area is 322 Å². The quantitative estimate of drug-likeness (QED) is 0.133. The first kappa shape index (κ1) is 38.3. The average molecular weight is 769 g/mol. The van der Waals surface area contributed by atoms with Gasteiger partial charge in [-0.25, -0.2) is 14.2 Å². The van der Waals surface area contributed by atoms with Gasteiger partial charge >= 0.3 is 6.03 Å². The van der Waals surface area contributed by atoms with Crippen LogP contribution in [0.3, 0.4) is 0 Å². The molecule has 294 valence electrons. The van der Waals surface area contributed by atoms with Crippen molar-refractivity contribution in [1.82, 2.24) is 34.6 Å². The highest BCUT2D eigenvalue weighted by atomic mass is 19.1. The van der Waals surface area contributed by atoms with Crippen LogP contribution in [0.5, 0.6) is 0 Å². The molecule has 0 spiro atoms. The van der Waals surface area contributed by atoms with Gasteiger partial charge < -0.3 is 26.0 Å². The number of aliphatic hydroxyl groups excluding tert-OH is 1. The van der Waals surface area contributed by atoms with E-state index in [0.717, 1.165) is 33.9 Å². The number of piperidine rings is 1. The molecule has 0 radical (unpaired) electrons. The molecule has 5 heterocycles. The molecule has 1 unspecified atom stereocenters. The topological polar surface area (TPSA) is 194 Å². The number of hydrogen-bond acceptors (Lipinski definition) is 11. The molecule has 0 bridgehead atoms. The Morgan fingerprint density at radius 1 is 1.02 bits per heavy atom. The van der Waals surface area contributed by atoms with E-state index in [0.29, 0.717) is 56.3 Å². The van der Waals surface area contributed by atoms with Crippen molar-refractivity contribution in [2.45, 2.75) is 71.1 Å². The summed E-state index contributed by atoms with van der Waals surface area (Å²) < 4.78 is 17.0. The number of nitrogens with one attached hydrogen (secondary N) is 4. The number of nitrogens with zero attached hydrogens (tertiary/aromatic N) is 6. The monoisotopic (exact) mass is 768 g/mol. The third-order valence-corrected chi connectivity index (χ3v) is 10.5. The number of rotatable bonds is 12. The smallest absolute Gasteiger partial charge is 0.321 e. The van der Waals surface area contributed by atoms with Gasteiger partial charge in [0.2, 0.25) is 11.8 Å². The lowest BCUT2D eigenvalue weighted by atomic mass is 10.0. The molecule has 16 nitrogen and oxygen atoms in total. The number of carbonyl (C=O) groups is 5. The van der Waals surface area contributed by atoms with Crippen LogP contribution >= 0.6 is 0 Å². The molecule has 4 aromatic rings. The highest BCUT2D eigenvalue weighted by Crippen LogP contribution is 2.31. The largest absolute Gasteiger partial charge is 0.394 e. The van der Waals surface area contributed by atoms with Crippen molar-refractivity contribution < 1.29 is 33.5 Å². The van der Waals surface area contributed by atoms with Gasteiger partial charge in [-0.1, -0.05) is 32.9 Å². The van der Waals surface area contributed by atoms with Crippen molar-refractivity contribution in [1.29, 1.82) is 0 Å². The van der Waals surface area contributed by atoms with E-state index in [9.17, 15) is 29.1 Å². The lowest BCUT2D eigenvalue weighted by Crippen LogP contribution is -2.54. The average Bonchev–Trinajstić information content (AvgIpc) is 3.72. The second-order valence-electron chi connectivity index (χ2n) is 14.6. The highest BCUT2D eigenvalue weighted by molar-refractivity contribution is 6.23. The molecule has 17 heteroatoms. The summed E-state index contributed by atoms with van der Waals surface area (Å²) in [7, 11) is 0. The molecule has 5 N–H and O–H groups in total. The van der Waals surface area contributed by atoms with Crippen molar-refractivity contribution in [2.24, 2.45) is 0 Å². The van der Waals surface area contributed by atoms with Crippen LogP contribution in [0, 0.1) is 5.82 Å². The number of imide groups is 2. The zero-order valence-corrected chi connectivity index (χ0v) is 31.5. The molecule has 2 saturated heterocycles. The minimum absolute atomic E-state index is 0.00828. The summed E-state index contributed by atoms with van der Waals surface area (Å²) in [5, 5.41) is 26.2. The van der Waals surface area contributed by atoms with E-state index in [1.807, 2.05) is 48.4 Å². The second-order valence-corrected chi connectivity index (χ2v) is 14.6. The Bertz CT molecular complexity index is 2180. The molecule has 3 aliphatic heterocycles. The van der Waals surface area contributed by atoms with Crippen LogP contribution in [0.25, 0.3) is 5.65 Å². The Hall–Kier alpha value is -5.94. The number of piperazine rings is 1. The van der Waals surface area contributed by atoms with E-state index >= 15 is 4.39 Å². The van der Waals surface area contributed by atoms with Crippen LogP contribution in [-0.4, -0.2) is 109 Å². The molecule has 2 fully saturated rings. The van der Waals surface area contributed by atoms with Crippen molar-refractivity contribution in [2.75, 3.05) is 48.7 Å². The first-order chi connectivity index (χ1) is 26.9. The summed E-state index contributed by atoms with van der Waals surface area (Å²) in [6.45, 7) is 8.79. The van der Waals surface area contributed by atoms with E-state index < -0.39 is 35.5 Å². The Morgan fingerprint density at radius 2 is 1.77 bits per heavy atom. The number of hydrogen-bond donors (Lipinski definition) is 5. The third kappa shape index (κ3) is 7.77. The van der Waals surface area contributed by atoms with Gasteiger partial charge in [-0.15, -0.1) is 0 Å². The fourth-order valence-electron chi connectivity index (χ4n) is 7.24. The number of aliphatic hydroxyl groups is 1. The van der Waals surface area contributed by atoms with Crippen molar-refractivity contribution in [3.63, 3.8) is 0 Å². The third-order valence-electron chi connectivity index (χ3n) is 10.5. The first-order valence-corrected chi connectivity index (χ1v) is 18.8. The Morgan fingerprint density at radius 3 is 2.45 bits per heavy atom. The maximum Gasteiger partial charge on any atom is 0.321 e. The molecule has 0 aliphatic carbocycles. The molecular formula is C39H45FN10O6.